The Morgan fingerprint density at radius 3 is 2.04 bits per heavy atom. The second kappa shape index (κ2) is 12.2. The minimum atomic E-state index is -0.166. The van der Waals surface area contributed by atoms with E-state index in [1.165, 1.54) is 69.8 Å². The Morgan fingerprint density at radius 1 is 0.880 bits per heavy atom. The lowest BCUT2D eigenvalue weighted by Crippen LogP contribution is -2.01. The maximum atomic E-state index is 13.2. The van der Waals surface area contributed by atoms with E-state index in [1.54, 1.807) is 23.5 Å². The summed E-state index contributed by atoms with van der Waals surface area (Å²) in [6.07, 6.45) is 16.5. The van der Waals surface area contributed by atoms with Gasteiger partial charge in [0.1, 0.15) is 5.82 Å². The highest BCUT2D eigenvalue weighted by molar-refractivity contribution is 7.09. The number of thiazole rings is 1. The first-order valence-corrected chi connectivity index (χ1v) is 10.8. The molecule has 1 nitrogen and oxygen atoms in total. The SMILES string of the molecule is CCCCCCCCCCCCC(c1ccc(F)cc1)c1nccs1. The van der Waals surface area contributed by atoms with Gasteiger partial charge in [-0.1, -0.05) is 83.3 Å². The molecule has 1 heterocycles. The van der Waals surface area contributed by atoms with Crippen molar-refractivity contribution in [3.63, 3.8) is 0 Å². The molecule has 138 valence electrons. The third-order valence-electron chi connectivity index (χ3n) is 4.87. The van der Waals surface area contributed by atoms with Crippen molar-refractivity contribution in [3.05, 3.63) is 52.2 Å². The van der Waals surface area contributed by atoms with Crippen LogP contribution in [-0.2, 0) is 0 Å². The van der Waals surface area contributed by atoms with Crippen LogP contribution >= 0.6 is 11.3 Å². The van der Waals surface area contributed by atoms with Gasteiger partial charge in [-0.3, -0.25) is 0 Å². The van der Waals surface area contributed by atoms with E-state index in [4.69, 9.17) is 0 Å². The Balaban J connectivity index is 1.68. The third kappa shape index (κ3) is 7.68. The number of halogens is 1. The lowest BCUT2D eigenvalue weighted by atomic mass is 9.93. The predicted molar refractivity (Wildman–Crippen MR) is 107 cm³/mol. The molecule has 1 aromatic heterocycles. The number of unbranched alkanes of at least 4 members (excludes halogenated alkanes) is 9. The minimum absolute atomic E-state index is 0.166. The Bertz CT molecular complexity index is 550. The summed E-state index contributed by atoms with van der Waals surface area (Å²) in [6, 6.07) is 6.96. The van der Waals surface area contributed by atoms with Gasteiger partial charge in [0.15, 0.2) is 0 Å². The van der Waals surface area contributed by atoms with Crippen LogP contribution in [-0.4, -0.2) is 4.98 Å². The normalized spacial score (nSPS) is 12.4. The van der Waals surface area contributed by atoms with Crippen molar-refractivity contribution in [2.75, 3.05) is 0 Å². The van der Waals surface area contributed by atoms with Crippen molar-refractivity contribution in [1.82, 2.24) is 4.98 Å². The van der Waals surface area contributed by atoms with Crippen LogP contribution in [0.3, 0.4) is 0 Å². The molecule has 25 heavy (non-hydrogen) atoms. The summed E-state index contributed by atoms with van der Waals surface area (Å²) >= 11 is 1.71. The van der Waals surface area contributed by atoms with E-state index in [0.717, 1.165) is 11.4 Å². The van der Waals surface area contributed by atoms with Gasteiger partial charge in [-0.15, -0.1) is 11.3 Å². The Kier molecular flexibility index (Phi) is 9.79. The largest absolute Gasteiger partial charge is 0.249 e. The highest BCUT2D eigenvalue weighted by Gasteiger charge is 2.16. The second-order valence-corrected chi connectivity index (χ2v) is 7.87. The van der Waals surface area contributed by atoms with Crippen LogP contribution < -0.4 is 0 Å². The standard InChI is InChI=1S/C22H32FNS/c1-2-3-4-5-6-7-8-9-10-11-12-21(22-24-17-18-25-22)19-13-15-20(23)16-14-19/h13-18,21H,2-12H2,1H3. The van der Waals surface area contributed by atoms with Gasteiger partial charge in [-0.25, -0.2) is 9.37 Å². The van der Waals surface area contributed by atoms with Crippen molar-refractivity contribution in [2.24, 2.45) is 0 Å². The van der Waals surface area contributed by atoms with E-state index in [9.17, 15) is 4.39 Å². The summed E-state index contributed by atoms with van der Waals surface area (Å²) in [5.74, 6) is 0.148. The maximum absolute atomic E-state index is 13.2. The zero-order valence-corrected chi connectivity index (χ0v) is 16.4. The number of hydrogen-bond donors (Lipinski definition) is 0. The summed E-state index contributed by atoms with van der Waals surface area (Å²) in [5.41, 5.74) is 1.19. The van der Waals surface area contributed by atoms with Crippen molar-refractivity contribution >= 4 is 11.3 Å². The third-order valence-corrected chi connectivity index (χ3v) is 5.76. The Hall–Kier alpha value is -1.22. The molecule has 0 aliphatic heterocycles. The van der Waals surface area contributed by atoms with Gasteiger partial charge in [-0.05, 0) is 24.1 Å². The fourth-order valence-corrected chi connectivity index (χ4v) is 4.17. The molecule has 0 saturated heterocycles. The lowest BCUT2D eigenvalue weighted by molar-refractivity contribution is 0.539. The number of aromatic nitrogens is 1. The molecule has 0 amide bonds. The van der Waals surface area contributed by atoms with Crippen LogP contribution in [0.1, 0.15) is 94.0 Å². The first kappa shape index (κ1) is 20.1. The second-order valence-electron chi connectivity index (χ2n) is 6.95. The molecule has 1 aromatic carbocycles. The van der Waals surface area contributed by atoms with Crippen LogP contribution in [0.15, 0.2) is 35.8 Å². The van der Waals surface area contributed by atoms with Crippen molar-refractivity contribution in [3.8, 4) is 0 Å². The average molecular weight is 362 g/mol. The molecule has 0 aliphatic carbocycles. The molecular weight excluding hydrogens is 329 g/mol. The fraction of sp³-hybridized carbons (Fsp3) is 0.591. The molecule has 1 unspecified atom stereocenters. The van der Waals surface area contributed by atoms with Gasteiger partial charge in [0.2, 0.25) is 0 Å². The first-order chi connectivity index (χ1) is 12.3. The number of benzene rings is 1. The van der Waals surface area contributed by atoms with Gasteiger partial charge in [-0.2, -0.15) is 0 Å². The summed E-state index contributed by atoms with van der Waals surface area (Å²) in [6.45, 7) is 2.27. The van der Waals surface area contributed by atoms with Gasteiger partial charge >= 0.3 is 0 Å². The van der Waals surface area contributed by atoms with Gasteiger partial charge in [0.25, 0.3) is 0 Å². The van der Waals surface area contributed by atoms with E-state index in [2.05, 4.69) is 11.9 Å². The predicted octanol–water partition coefficient (Wildman–Crippen LogP) is 7.73. The molecule has 2 rings (SSSR count). The van der Waals surface area contributed by atoms with E-state index in [-0.39, 0.29) is 5.82 Å². The van der Waals surface area contributed by atoms with Crippen LogP contribution in [0, 0.1) is 5.82 Å². The quantitative estimate of drug-likeness (QED) is 0.333. The average Bonchev–Trinajstić information content (AvgIpc) is 3.15. The minimum Gasteiger partial charge on any atom is -0.249 e. The molecule has 0 spiro atoms. The van der Waals surface area contributed by atoms with Crippen LogP contribution in [0.25, 0.3) is 0 Å². The van der Waals surface area contributed by atoms with Crippen LogP contribution in [0.2, 0.25) is 0 Å². The van der Waals surface area contributed by atoms with Crippen LogP contribution in [0.5, 0.6) is 0 Å². The summed E-state index contributed by atoms with van der Waals surface area (Å²) in [7, 11) is 0. The number of hydrogen-bond acceptors (Lipinski definition) is 2. The highest BCUT2D eigenvalue weighted by Crippen LogP contribution is 2.31. The van der Waals surface area contributed by atoms with E-state index < -0.39 is 0 Å². The monoisotopic (exact) mass is 361 g/mol. The van der Waals surface area contributed by atoms with Crippen LogP contribution in [0.4, 0.5) is 4.39 Å². The van der Waals surface area contributed by atoms with Crippen molar-refractivity contribution < 1.29 is 4.39 Å². The summed E-state index contributed by atoms with van der Waals surface area (Å²) in [4.78, 5) is 4.50. The molecule has 1 atom stereocenters. The zero-order valence-electron chi connectivity index (χ0n) is 15.6. The Labute approximate surface area is 156 Å². The van der Waals surface area contributed by atoms with E-state index in [1.807, 2.05) is 23.7 Å². The molecule has 0 radical (unpaired) electrons. The molecule has 3 heteroatoms. The molecule has 0 saturated carbocycles. The van der Waals surface area contributed by atoms with Gasteiger partial charge in [0.05, 0.1) is 5.01 Å². The van der Waals surface area contributed by atoms with Gasteiger partial charge < -0.3 is 0 Å². The molecular formula is C22H32FNS. The zero-order chi connectivity index (χ0) is 17.7. The molecule has 0 N–H and O–H groups in total. The van der Waals surface area contributed by atoms with Gasteiger partial charge in [0, 0.05) is 17.5 Å². The molecule has 0 aliphatic rings. The van der Waals surface area contributed by atoms with E-state index in [0.29, 0.717) is 5.92 Å². The highest BCUT2D eigenvalue weighted by atomic mass is 32.1. The summed E-state index contributed by atoms with van der Waals surface area (Å²) in [5, 5.41) is 3.19. The van der Waals surface area contributed by atoms with E-state index >= 15 is 0 Å². The fourth-order valence-electron chi connectivity index (χ4n) is 3.37. The van der Waals surface area contributed by atoms with Crippen molar-refractivity contribution in [1.29, 1.82) is 0 Å². The van der Waals surface area contributed by atoms with Crippen molar-refractivity contribution in [2.45, 2.75) is 83.5 Å². The smallest absolute Gasteiger partial charge is 0.123 e. The lowest BCUT2D eigenvalue weighted by Gasteiger charge is -2.15. The topological polar surface area (TPSA) is 12.9 Å². The number of nitrogens with zero attached hydrogens (tertiary/aromatic N) is 1. The molecule has 0 fully saturated rings. The first-order valence-electron chi connectivity index (χ1n) is 9.96. The Morgan fingerprint density at radius 2 is 1.48 bits per heavy atom. The molecule has 2 aromatic rings. The molecule has 0 bridgehead atoms. The maximum Gasteiger partial charge on any atom is 0.123 e. The summed E-state index contributed by atoms with van der Waals surface area (Å²) < 4.78 is 13.2. The number of rotatable bonds is 13.